The van der Waals surface area contributed by atoms with E-state index < -0.39 is 10.0 Å². The second-order valence-electron chi connectivity index (χ2n) is 4.95. The van der Waals surface area contributed by atoms with Crippen LogP contribution >= 0.6 is 0 Å². The highest BCUT2D eigenvalue weighted by atomic mass is 32.2. The van der Waals surface area contributed by atoms with Gasteiger partial charge in [0.15, 0.2) is 0 Å². The number of likely N-dealkylation sites (tertiary alicyclic amines) is 1. The van der Waals surface area contributed by atoms with Gasteiger partial charge in [0, 0.05) is 25.8 Å². The molecule has 0 aromatic carbocycles. The first-order valence-corrected chi connectivity index (χ1v) is 8.42. The topological polar surface area (TPSA) is 74.3 Å². The lowest BCUT2D eigenvalue weighted by molar-refractivity contribution is 0.211. The van der Waals surface area contributed by atoms with E-state index in [-0.39, 0.29) is 10.9 Å². The van der Waals surface area contributed by atoms with Gasteiger partial charge in [-0.25, -0.2) is 18.1 Å². The van der Waals surface area contributed by atoms with E-state index >= 15 is 0 Å². The number of anilines is 1. The highest BCUT2D eigenvalue weighted by Crippen LogP contribution is 2.19. The van der Waals surface area contributed by atoms with Crippen molar-refractivity contribution in [3.8, 4) is 0 Å². The molecule has 7 heteroatoms. The lowest BCUT2D eigenvalue weighted by Gasteiger charge is -2.32. The van der Waals surface area contributed by atoms with Gasteiger partial charge in [0.1, 0.15) is 10.7 Å². The van der Waals surface area contributed by atoms with E-state index in [0.29, 0.717) is 5.82 Å². The minimum Gasteiger partial charge on any atom is -0.372 e. The molecule has 1 saturated heterocycles. The Morgan fingerprint density at radius 1 is 1.50 bits per heavy atom. The van der Waals surface area contributed by atoms with E-state index in [1.165, 1.54) is 0 Å². The molecular weight excluding hydrogens is 276 g/mol. The zero-order valence-electron chi connectivity index (χ0n) is 12.0. The van der Waals surface area contributed by atoms with Gasteiger partial charge < -0.3 is 10.2 Å². The fourth-order valence-electron chi connectivity index (χ4n) is 2.52. The molecule has 1 aromatic heterocycles. The molecule has 1 unspecified atom stereocenters. The van der Waals surface area contributed by atoms with E-state index in [9.17, 15) is 8.42 Å². The van der Waals surface area contributed by atoms with Gasteiger partial charge >= 0.3 is 0 Å². The second-order valence-corrected chi connectivity index (χ2v) is 6.64. The first-order chi connectivity index (χ1) is 9.56. The highest BCUT2D eigenvalue weighted by molar-refractivity contribution is 7.89. The smallest absolute Gasteiger partial charge is 0.244 e. The minimum absolute atomic E-state index is 0.0291. The van der Waals surface area contributed by atoms with E-state index in [1.807, 2.05) is 0 Å². The van der Waals surface area contributed by atoms with E-state index in [0.717, 1.165) is 32.5 Å². The summed E-state index contributed by atoms with van der Waals surface area (Å²) < 4.78 is 27.7. The van der Waals surface area contributed by atoms with Crippen LogP contribution in [0.15, 0.2) is 23.2 Å². The average molecular weight is 298 g/mol. The molecule has 20 heavy (non-hydrogen) atoms. The van der Waals surface area contributed by atoms with Gasteiger partial charge in [0.05, 0.1) is 0 Å². The summed E-state index contributed by atoms with van der Waals surface area (Å²) in [6.07, 6.45) is 3.47. The van der Waals surface area contributed by atoms with Crippen molar-refractivity contribution in [2.24, 2.45) is 0 Å². The van der Waals surface area contributed by atoms with E-state index in [4.69, 9.17) is 0 Å². The number of sulfonamides is 1. The lowest BCUT2D eigenvalue weighted by atomic mass is 10.1. The number of nitrogens with zero attached hydrogens (tertiary/aromatic N) is 2. The number of hydrogen-bond acceptors (Lipinski definition) is 5. The van der Waals surface area contributed by atoms with Crippen molar-refractivity contribution in [2.75, 3.05) is 32.0 Å². The van der Waals surface area contributed by atoms with Crippen LogP contribution in [0.25, 0.3) is 0 Å². The van der Waals surface area contributed by atoms with Gasteiger partial charge in [-0.05, 0) is 38.1 Å². The van der Waals surface area contributed by atoms with Gasteiger partial charge in [0.2, 0.25) is 10.0 Å². The van der Waals surface area contributed by atoms with Crippen LogP contribution in [0.3, 0.4) is 0 Å². The van der Waals surface area contributed by atoms with Crippen LogP contribution in [0.2, 0.25) is 0 Å². The predicted molar refractivity (Wildman–Crippen MR) is 79.2 cm³/mol. The molecule has 6 nitrogen and oxygen atoms in total. The molecule has 0 saturated carbocycles. The van der Waals surface area contributed by atoms with Crippen LogP contribution in [-0.2, 0) is 10.0 Å². The number of nitrogens with one attached hydrogen (secondary N) is 2. The molecule has 2 N–H and O–H groups in total. The molecule has 1 aromatic rings. The molecular formula is C13H22N4O2S. The maximum atomic E-state index is 12.5. The summed E-state index contributed by atoms with van der Waals surface area (Å²) in [5.74, 6) is 0.378. The number of aromatic nitrogens is 1. The van der Waals surface area contributed by atoms with Crippen molar-refractivity contribution in [3.05, 3.63) is 18.3 Å². The molecule has 0 spiro atoms. The zero-order chi connectivity index (χ0) is 14.6. The van der Waals surface area contributed by atoms with Gasteiger partial charge in [0.25, 0.3) is 0 Å². The molecule has 1 atom stereocenters. The fourth-order valence-corrected chi connectivity index (χ4v) is 3.94. The standard InChI is InChI=1S/C13H22N4O2S/c1-3-17-9-5-6-11(10-17)16-20(18,19)12-7-4-8-15-13(12)14-2/h4,7-8,11,16H,3,5-6,9-10H2,1-2H3,(H,14,15). The summed E-state index contributed by atoms with van der Waals surface area (Å²) in [5, 5.41) is 2.82. The molecule has 2 rings (SSSR count). The number of pyridine rings is 1. The van der Waals surface area contributed by atoms with Crippen LogP contribution in [0.1, 0.15) is 19.8 Å². The Balaban J connectivity index is 2.14. The van der Waals surface area contributed by atoms with E-state index in [2.05, 4.69) is 26.8 Å². The second kappa shape index (κ2) is 6.51. The first kappa shape index (κ1) is 15.2. The molecule has 2 heterocycles. The summed E-state index contributed by atoms with van der Waals surface area (Å²) in [7, 11) is -1.87. The van der Waals surface area contributed by atoms with Crippen molar-refractivity contribution in [1.29, 1.82) is 0 Å². The Kier molecular flexibility index (Phi) is 4.95. The third kappa shape index (κ3) is 3.47. The normalized spacial score (nSPS) is 20.8. The fraction of sp³-hybridized carbons (Fsp3) is 0.615. The van der Waals surface area contributed by atoms with Gasteiger partial charge in [-0.2, -0.15) is 0 Å². The van der Waals surface area contributed by atoms with Crippen LogP contribution in [-0.4, -0.2) is 51.0 Å². The van der Waals surface area contributed by atoms with Crippen molar-refractivity contribution in [1.82, 2.24) is 14.6 Å². The predicted octanol–water partition coefficient (Wildman–Crippen LogP) is 0.886. The number of likely N-dealkylation sites (N-methyl/N-ethyl adjacent to an activating group) is 1. The SMILES string of the molecule is CCN1CCCC(NS(=O)(=O)c2cccnc2NC)C1. The Morgan fingerprint density at radius 3 is 3.00 bits per heavy atom. The molecule has 1 fully saturated rings. The quantitative estimate of drug-likeness (QED) is 0.844. The molecule has 1 aliphatic rings. The van der Waals surface area contributed by atoms with Crippen LogP contribution in [0.4, 0.5) is 5.82 Å². The molecule has 112 valence electrons. The van der Waals surface area contributed by atoms with Crippen molar-refractivity contribution in [2.45, 2.75) is 30.7 Å². The van der Waals surface area contributed by atoms with Crippen molar-refractivity contribution < 1.29 is 8.42 Å². The summed E-state index contributed by atoms with van der Waals surface area (Å²) in [4.78, 5) is 6.51. The minimum atomic E-state index is -3.54. The van der Waals surface area contributed by atoms with Gasteiger partial charge in [-0.15, -0.1) is 0 Å². The van der Waals surface area contributed by atoms with Crippen molar-refractivity contribution >= 4 is 15.8 Å². The van der Waals surface area contributed by atoms with Crippen LogP contribution in [0.5, 0.6) is 0 Å². The Hall–Kier alpha value is -1.18. The number of rotatable bonds is 5. The highest BCUT2D eigenvalue weighted by Gasteiger charge is 2.26. The molecule has 0 bridgehead atoms. The third-order valence-corrected chi connectivity index (χ3v) is 5.12. The maximum absolute atomic E-state index is 12.5. The third-order valence-electron chi connectivity index (χ3n) is 3.57. The molecule has 0 amide bonds. The molecule has 1 aliphatic heterocycles. The van der Waals surface area contributed by atoms with Crippen molar-refractivity contribution in [3.63, 3.8) is 0 Å². The summed E-state index contributed by atoms with van der Waals surface area (Å²) >= 11 is 0. The number of piperidine rings is 1. The van der Waals surface area contributed by atoms with Crippen LogP contribution in [0, 0.1) is 0 Å². The van der Waals surface area contributed by atoms with Gasteiger partial charge in [-0.1, -0.05) is 6.92 Å². The monoisotopic (exact) mass is 298 g/mol. The van der Waals surface area contributed by atoms with Gasteiger partial charge in [-0.3, -0.25) is 0 Å². The average Bonchev–Trinajstić information content (AvgIpc) is 2.47. The van der Waals surface area contributed by atoms with E-state index in [1.54, 1.807) is 25.4 Å². The lowest BCUT2D eigenvalue weighted by Crippen LogP contribution is -2.47. The Labute approximate surface area is 120 Å². The summed E-state index contributed by atoms with van der Waals surface area (Å²) in [6, 6.07) is 3.18. The maximum Gasteiger partial charge on any atom is 0.244 e. The zero-order valence-corrected chi connectivity index (χ0v) is 12.8. The Bertz CT molecular complexity index is 547. The first-order valence-electron chi connectivity index (χ1n) is 6.94. The number of hydrogen-bond donors (Lipinski definition) is 2. The largest absolute Gasteiger partial charge is 0.372 e. The molecule has 0 aliphatic carbocycles. The summed E-state index contributed by atoms with van der Waals surface area (Å²) in [5.41, 5.74) is 0. The molecule has 0 radical (unpaired) electrons. The summed E-state index contributed by atoms with van der Waals surface area (Å²) in [6.45, 7) is 4.86. The Morgan fingerprint density at radius 2 is 2.30 bits per heavy atom. The van der Waals surface area contributed by atoms with Crippen LogP contribution < -0.4 is 10.0 Å².